The van der Waals surface area contributed by atoms with Gasteiger partial charge in [0.25, 0.3) is 5.91 Å². The van der Waals surface area contributed by atoms with Gasteiger partial charge in [0.2, 0.25) is 0 Å². The maximum Gasteiger partial charge on any atom is 0.256 e. The van der Waals surface area contributed by atoms with Gasteiger partial charge in [0, 0.05) is 30.1 Å². The zero-order valence-corrected chi connectivity index (χ0v) is 17.1. The van der Waals surface area contributed by atoms with E-state index in [9.17, 15) is 4.79 Å². The number of carbonyl (C=O) groups is 1. The highest BCUT2D eigenvalue weighted by Crippen LogP contribution is 2.41. The second-order valence-electron chi connectivity index (χ2n) is 7.45. The molecule has 0 fully saturated rings. The molecule has 0 radical (unpaired) electrons. The van der Waals surface area contributed by atoms with Gasteiger partial charge in [-0.15, -0.1) is 11.3 Å². The molecule has 6 heteroatoms. The normalized spacial score (nSPS) is 18.4. The summed E-state index contributed by atoms with van der Waals surface area (Å²) in [6.07, 6.45) is 0.620. The van der Waals surface area contributed by atoms with Crippen molar-refractivity contribution in [2.75, 3.05) is 19.0 Å². The van der Waals surface area contributed by atoms with Gasteiger partial charge in [0.05, 0.1) is 12.7 Å². The number of benzene rings is 2. The number of hydrogen-bond donors (Lipinski definition) is 2. The van der Waals surface area contributed by atoms with E-state index in [1.54, 1.807) is 18.4 Å². The average molecular weight is 406 g/mol. The monoisotopic (exact) mass is 405 g/mol. The molecule has 2 N–H and O–H groups in total. The molecule has 0 saturated carbocycles. The SMILES string of the molecule is COc1ccccc1[C@@H]1NC(=O)c2c(sc3c2CCN(Cc2ccccc2)C3)N1. The summed E-state index contributed by atoms with van der Waals surface area (Å²) in [5, 5.41) is 7.61. The zero-order valence-electron chi connectivity index (χ0n) is 16.3. The number of nitrogens with zero attached hydrogens (tertiary/aromatic N) is 1. The van der Waals surface area contributed by atoms with Gasteiger partial charge in [-0.2, -0.15) is 0 Å². The third-order valence-electron chi connectivity index (χ3n) is 5.61. The van der Waals surface area contributed by atoms with Gasteiger partial charge in [0.1, 0.15) is 16.9 Å². The maximum atomic E-state index is 13.0. The first-order valence-corrected chi connectivity index (χ1v) is 10.7. The van der Waals surface area contributed by atoms with E-state index in [1.807, 2.05) is 30.3 Å². The number of thiophene rings is 1. The van der Waals surface area contributed by atoms with Crippen molar-refractivity contribution in [2.24, 2.45) is 0 Å². The first kappa shape index (κ1) is 18.2. The van der Waals surface area contributed by atoms with Crippen LogP contribution in [0.25, 0.3) is 0 Å². The van der Waals surface area contributed by atoms with E-state index in [0.717, 1.165) is 47.9 Å². The summed E-state index contributed by atoms with van der Waals surface area (Å²) in [6.45, 7) is 2.79. The van der Waals surface area contributed by atoms with Crippen LogP contribution < -0.4 is 15.4 Å². The number of nitrogens with one attached hydrogen (secondary N) is 2. The fraction of sp³-hybridized carbons (Fsp3) is 0.261. The molecule has 1 atom stereocenters. The molecule has 148 valence electrons. The van der Waals surface area contributed by atoms with Crippen molar-refractivity contribution in [3.05, 3.63) is 81.7 Å². The predicted molar refractivity (Wildman–Crippen MR) is 115 cm³/mol. The summed E-state index contributed by atoms with van der Waals surface area (Å²) in [7, 11) is 1.65. The average Bonchev–Trinajstić information content (AvgIpc) is 3.12. The van der Waals surface area contributed by atoms with Crippen LogP contribution in [-0.2, 0) is 19.5 Å². The van der Waals surface area contributed by atoms with Crippen LogP contribution in [0, 0.1) is 0 Å². The Morgan fingerprint density at radius 1 is 1.10 bits per heavy atom. The van der Waals surface area contributed by atoms with Crippen molar-refractivity contribution in [2.45, 2.75) is 25.7 Å². The Hall–Kier alpha value is -2.83. The quantitative estimate of drug-likeness (QED) is 0.684. The molecule has 0 bridgehead atoms. The van der Waals surface area contributed by atoms with Gasteiger partial charge in [-0.3, -0.25) is 9.69 Å². The molecular formula is C23H23N3O2S. The van der Waals surface area contributed by atoms with Gasteiger partial charge in [0.15, 0.2) is 0 Å². The number of ether oxygens (including phenoxy) is 1. The van der Waals surface area contributed by atoms with Crippen molar-refractivity contribution in [3.63, 3.8) is 0 Å². The molecule has 2 aromatic carbocycles. The fourth-order valence-corrected chi connectivity index (χ4v) is 5.52. The number of rotatable bonds is 4. The van der Waals surface area contributed by atoms with Crippen LogP contribution in [0.3, 0.4) is 0 Å². The minimum absolute atomic E-state index is 0.00339. The molecule has 3 aromatic rings. The lowest BCUT2D eigenvalue weighted by molar-refractivity contribution is 0.0934. The summed E-state index contributed by atoms with van der Waals surface area (Å²) in [6, 6.07) is 18.3. The summed E-state index contributed by atoms with van der Waals surface area (Å²) >= 11 is 1.71. The molecule has 29 heavy (non-hydrogen) atoms. The summed E-state index contributed by atoms with van der Waals surface area (Å²) in [4.78, 5) is 16.7. The van der Waals surface area contributed by atoms with Crippen molar-refractivity contribution in [1.29, 1.82) is 0 Å². The number of carbonyl (C=O) groups excluding carboxylic acids is 1. The van der Waals surface area contributed by atoms with Crippen LogP contribution >= 0.6 is 11.3 Å². The molecule has 0 saturated heterocycles. The van der Waals surface area contributed by atoms with Crippen LogP contribution in [0.1, 0.15) is 38.1 Å². The lowest BCUT2D eigenvalue weighted by atomic mass is 10.00. The number of amides is 1. The second-order valence-corrected chi connectivity index (χ2v) is 8.55. The Labute approximate surface area is 174 Å². The number of anilines is 1. The van der Waals surface area contributed by atoms with E-state index in [0.29, 0.717) is 0 Å². The van der Waals surface area contributed by atoms with E-state index in [4.69, 9.17) is 4.74 Å². The third kappa shape index (κ3) is 3.39. The lowest BCUT2D eigenvalue weighted by Gasteiger charge is -2.29. The van der Waals surface area contributed by atoms with E-state index in [2.05, 4.69) is 39.8 Å². The zero-order chi connectivity index (χ0) is 19.8. The van der Waals surface area contributed by atoms with E-state index < -0.39 is 0 Å². The Morgan fingerprint density at radius 2 is 1.90 bits per heavy atom. The molecule has 1 amide bonds. The second kappa shape index (κ2) is 7.54. The summed E-state index contributed by atoms with van der Waals surface area (Å²) in [5.41, 5.74) is 4.30. The number of para-hydroxylation sites is 1. The van der Waals surface area contributed by atoms with Gasteiger partial charge >= 0.3 is 0 Å². The van der Waals surface area contributed by atoms with Crippen molar-refractivity contribution >= 4 is 22.2 Å². The van der Waals surface area contributed by atoms with E-state index in [1.165, 1.54) is 16.0 Å². The molecule has 0 aliphatic carbocycles. The Kier molecular flexibility index (Phi) is 4.73. The molecule has 0 spiro atoms. The van der Waals surface area contributed by atoms with E-state index >= 15 is 0 Å². The van der Waals surface area contributed by atoms with Gasteiger partial charge < -0.3 is 15.4 Å². The predicted octanol–water partition coefficient (Wildman–Crippen LogP) is 4.17. The Balaban J connectivity index is 1.40. The molecule has 5 rings (SSSR count). The molecule has 3 heterocycles. The van der Waals surface area contributed by atoms with Crippen molar-refractivity contribution < 1.29 is 9.53 Å². The molecule has 0 unspecified atom stereocenters. The number of hydrogen-bond acceptors (Lipinski definition) is 5. The van der Waals surface area contributed by atoms with Gasteiger partial charge in [-0.1, -0.05) is 48.5 Å². The minimum Gasteiger partial charge on any atom is -0.496 e. The number of methoxy groups -OCH3 is 1. The third-order valence-corrected chi connectivity index (χ3v) is 6.76. The first-order chi connectivity index (χ1) is 14.2. The van der Waals surface area contributed by atoms with Crippen LogP contribution in [0.4, 0.5) is 5.00 Å². The van der Waals surface area contributed by atoms with Gasteiger partial charge in [-0.05, 0) is 23.6 Å². The standard InChI is InChI=1S/C23H23N3O2S/c1-28-18-10-6-5-9-16(18)21-24-22(27)20-17-11-12-26(13-15-7-3-2-4-8-15)14-19(17)29-23(20)25-21/h2-10,21,25H,11-14H2,1H3,(H,24,27)/t21-/m1/s1. The van der Waals surface area contributed by atoms with Gasteiger partial charge in [-0.25, -0.2) is 0 Å². The smallest absolute Gasteiger partial charge is 0.256 e. The highest BCUT2D eigenvalue weighted by Gasteiger charge is 2.34. The van der Waals surface area contributed by atoms with E-state index in [-0.39, 0.29) is 12.1 Å². The van der Waals surface area contributed by atoms with Crippen LogP contribution in [0.15, 0.2) is 54.6 Å². The van der Waals surface area contributed by atoms with Crippen LogP contribution in [-0.4, -0.2) is 24.5 Å². The minimum atomic E-state index is -0.285. The largest absolute Gasteiger partial charge is 0.496 e. The molecular weight excluding hydrogens is 382 g/mol. The topological polar surface area (TPSA) is 53.6 Å². The van der Waals surface area contributed by atoms with Crippen molar-refractivity contribution in [1.82, 2.24) is 10.2 Å². The number of fused-ring (bicyclic) bond motifs is 3. The summed E-state index contributed by atoms with van der Waals surface area (Å²) in [5.74, 6) is 0.771. The molecule has 2 aliphatic rings. The lowest BCUT2D eigenvalue weighted by Crippen LogP contribution is -2.39. The molecule has 1 aromatic heterocycles. The highest BCUT2D eigenvalue weighted by atomic mass is 32.1. The Morgan fingerprint density at radius 3 is 2.72 bits per heavy atom. The molecule has 5 nitrogen and oxygen atoms in total. The summed E-state index contributed by atoms with van der Waals surface area (Å²) < 4.78 is 5.48. The van der Waals surface area contributed by atoms with Crippen LogP contribution in [0.2, 0.25) is 0 Å². The molecule has 2 aliphatic heterocycles. The first-order valence-electron chi connectivity index (χ1n) is 9.84. The van der Waals surface area contributed by atoms with Crippen LogP contribution in [0.5, 0.6) is 5.75 Å². The van der Waals surface area contributed by atoms with Crippen molar-refractivity contribution in [3.8, 4) is 5.75 Å². The highest BCUT2D eigenvalue weighted by molar-refractivity contribution is 7.16. The Bertz CT molecular complexity index is 1050. The fourth-order valence-electron chi connectivity index (χ4n) is 4.21. The maximum absolute atomic E-state index is 13.0.